The highest BCUT2D eigenvalue weighted by Gasteiger charge is 2.24. The van der Waals surface area contributed by atoms with E-state index in [9.17, 15) is 9.59 Å². The van der Waals surface area contributed by atoms with Gasteiger partial charge in [-0.1, -0.05) is 28.1 Å². The van der Waals surface area contributed by atoms with Crippen LogP contribution in [-0.4, -0.2) is 50.1 Å². The van der Waals surface area contributed by atoms with Crippen molar-refractivity contribution in [1.29, 1.82) is 0 Å². The molecule has 29 heavy (non-hydrogen) atoms. The summed E-state index contributed by atoms with van der Waals surface area (Å²) in [5.41, 5.74) is 1.52. The molecule has 6 nitrogen and oxygen atoms in total. The van der Waals surface area contributed by atoms with Gasteiger partial charge in [-0.2, -0.15) is 0 Å². The Kier molecular flexibility index (Phi) is 7.14. The molecule has 7 heteroatoms. The van der Waals surface area contributed by atoms with Crippen molar-refractivity contribution in [3.8, 4) is 11.5 Å². The Hall–Kier alpha value is -2.54. The number of likely N-dealkylation sites (tertiary alicyclic amines) is 1. The van der Waals surface area contributed by atoms with E-state index in [0.29, 0.717) is 36.6 Å². The van der Waals surface area contributed by atoms with E-state index in [1.807, 2.05) is 29.2 Å². The molecule has 0 atom stereocenters. The Bertz CT molecular complexity index is 879. The van der Waals surface area contributed by atoms with Gasteiger partial charge < -0.3 is 19.7 Å². The number of halogens is 1. The first-order valence-corrected chi connectivity index (χ1v) is 10.3. The first kappa shape index (κ1) is 21.2. The molecular weight excluding hydrogens is 436 g/mol. The molecule has 1 fully saturated rings. The maximum atomic E-state index is 12.6. The Balaban J connectivity index is 1.51. The number of nitrogens with one attached hydrogen (secondary N) is 1. The molecular formula is C22H25BrN2O4. The van der Waals surface area contributed by atoms with Crippen LogP contribution in [0.2, 0.25) is 0 Å². The number of amides is 2. The predicted molar refractivity (Wildman–Crippen MR) is 114 cm³/mol. The smallest absolute Gasteiger partial charge is 0.251 e. The van der Waals surface area contributed by atoms with Crippen LogP contribution in [0.4, 0.5) is 0 Å². The summed E-state index contributed by atoms with van der Waals surface area (Å²) in [5.74, 6) is 1.08. The van der Waals surface area contributed by atoms with Gasteiger partial charge in [0.25, 0.3) is 5.91 Å². The van der Waals surface area contributed by atoms with Crippen LogP contribution in [0.15, 0.2) is 46.9 Å². The zero-order valence-electron chi connectivity index (χ0n) is 16.6. The standard InChI is InChI=1S/C22H25BrN2O4/c1-28-19-7-6-16(14-20(19)29-2)22(27)24-18-8-10-25(11-9-18)21(26)13-15-4-3-5-17(23)12-15/h3-7,12,14,18H,8-11,13H2,1-2H3,(H,24,27). The summed E-state index contributed by atoms with van der Waals surface area (Å²) in [6.07, 6.45) is 1.87. The summed E-state index contributed by atoms with van der Waals surface area (Å²) in [6, 6.07) is 13.0. The quantitative estimate of drug-likeness (QED) is 0.716. The van der Waals surface area contributed by atoms with Crippen molar-refractivity contribution in [3.63, 3.8) is 0 Å². The maximum absolute atomic E-state index is 12.6. The van der Waals surface area contributed by atoms with E-state index in [2.05, 4.69) is 21.2 Å². The number of methoxy groups -OCH3 is 2. The molecule has 0 aromatic heterocycles. The number of ether oxygens (including phenoxy) is 2. The number of benzene rings is 2. The average molecular weight is 461 g/mol. The van der Waals surface area contributed by atoms with Crippen molar-refractivity contribution in [1.82, 2.24) is 10.2 Å². The molecule has 1 heterocycles. The first-order valence-electron chi connectivity index (χ1n) is 9.55. The molecule has 0 bridgehead atoms. The molecule has 2 amide bonds. The lowest BCUT2D eigenvalue weighted by Gasteiger charge is -2.32. The van der Waals surface area contributed by atoms with Crippen molar-refractivity contribution in [3.05, 3.63) is 58.1 Å². The van der Waals surface area contributed by atoms with Crippen LogP contribution >= 0.6 is 15.9 Å². The predicted octanol–water partition coefficient (Wildman–Crippen LogP) is 3.43. The molecule has 2 aromatic rings. The van der Waals surface area contributed by atoms with Gasteiger partial charge in [0.2, 0.25) is 5.91 Å². The minimum atomic E-state index is -0.148. The second-order valence-electron chi connectivity index (χ2n) is 7.00. The molecule has 0 spiro atoms. The van der Waals surface area contributed by atoms with Gasteiger partial charge in [-0.15, -0.1) is 0 Å². The lowest BCUT2D eigenvalue weighted by molar-refractivity contribution is -0.131. The Morgan fingerprint density at radius 1 is 1.07 bits per heavy atom. The van der Waals surface area contributed by atoms with Crippen molar-refractivity contribution < 1.29 is 19.1 Å². The van der Waals surface area contributed by atoms with Gasteiger partial charge in [0, 0.05) is 29.2 Å². The van der Waals surface area contributed by atoms with Gasteiger partial charge in [-0.05, 0) is 48.7 Å². The number of carbonyl (C=O) groups excluding carboxylic acids is 2. The van der Waals surface area contributed by atoms with Crippen LogP contribution in [0.1, 0.15) is 28.8 Å². The molecule has 154 valence electrons. The maximum Gasteiger partial charge on any atom is 0.251 e. The van der Waals surface area contributed by atoms with Crippen molar-refractivity contribution in [2.45, 2.75) is 25.3 Å². The number of hydrogen-bond acceptors (Lipinski definition) is 4. The Morgan fingerprint density at radius 2 is 1.79 bits per heavy atom. The van der Waals surface area contributed by atoms with Gasteiger partial charge in [0.15, 0.2) is 11.5 Å². The summed E-state index contributed by atoms with van der Waals surface area (Å²) in [5, 5.41) is 3.06. The van der Waals surface area contributed by atoms with Crippen LogP contribution in [0.5, 0.6) is 11.5 Å². The summed E-state index contributed by atoms with van der Waals surface area (Å²) in [6.45, 7) is 1.29. The van der Waals surface area contributed by atoms with Crippen molar-refractivity contribution in [2.75, 3.05) is 27.3 Å². The van der Waals surface area contributed by atoms with Crippen molar-refractivity contribution >= 4 is 27.7 Å². The van der Waals surface area contributed by atoms with Gasteiger partial charge >= 0.3 is 0 Å². The molecule has 0 unspecified atom stereocenters. The Labute approximate surface area is 179 Å². The molecule has 1 N–H and O–H groups in total. The molecule has 1 saturated heterocycles. The topological polar surface area (TPSA) is 67.9 Å². The summed E-state index contributed by atoms with van der Waals surface area (Å²) < 4.78 is 11.4. The average Bonchev–Trinajstić information content (AvgIpc) is 2.73. The fourth-order valence-electron chi connectivity index (χ4n) is 3.45. The molecule has 1 aliphatic heterocycles. The van der Waals surface area contributed by atoms with E-state index in [1.54, 1.807) is 32.4 Å². The third-order valence-electron chi connectivity index (χ3n) is 5.07. The minimum Gasteiger partial charge on any atom is -0.493 e. The lowest BCUT2D eigenvalue weighted by atomic mass is 10.0. The molecule has 2 aromatic carbocycles. The summed E-state index contributed by atoms with van der Waals surface area (Å²) in [7, 11) is 3.10. The van der Waals surface area contributed by atoms with Gasteiger partial charge in [0.1, 0.15) is 0 Å². The zero-order valence-corrected chi connectivity index (χ0v) is 18.2. The second kappa shape index (κ2) is 9.78. The highest BCUT2D eigenvalue weighted by molar-refractivity contribution is 9.10. The molecule has 0 saturated carbocycles. The minimum absolute atomic E-state index is 0.0468. The third-order valence-corrected chi connectivity index (χ3v) is 5.57. The molecule has 1 aliphatic rings. The number of piperidine rings is 1. The fourth-order valence-corrected chi connectivity index (χ4v) is 3.90. The largest absolute Gasteiger partial charge is 0.493 e. The second-order valence-corrected chi connectivity index (χ2v) is 7.92. The molecule has 3 rings (SSSR count). The van der Waals surface area contributed by atoms with Gasteiger partial charge in [-0.3, -0.25) is 9.59 Å². The number of carbonyl (C=O) groups is 2. The SMILES string of the molecule is COc1ccc(C(=O)NC2CCN(C(=O)Cc3cccc(Br)c3)CC2)cc1OC. The molecule has 0 aliphatic carbocycles. The van der Waals surface area contributed by atoms with Crippen molar-refractivity contribution in [2.24, 2.45) is 0 Å². The number of rotatable bonds is 6. The monoisotopic (exact) mass is 460 g/mol. The van der Waals surface area contributed by atoms with E-state index in [4.69, 9.17) is 9.47 Å². The lowest BCUT2D eigenvalue weighted by Crippen LogP contribution is -2.47. The molecule has 0 radical (unpaired) electrons. The Morgan fingerprint density at radius 3 is 2.45 bits per heavy atom. The third kappa shape index (κ3) is 5.50. The highest BCUT2D eigenvalue weighted by Crippen LogP contribution is 2.27. The van der Waals surface area contributed by atoms with E-state index in [-0.39, 0.29) is 17.9 Å². The number of hydrogen-bond donors (Lipinski definition) is 1. The van der Waals surface area contributed by atoms with Crippen LogP contribution in [0.3, 0.4) is 0 Å². The fraction of sp³-hybridized carbons (Fsp3) is 0.364. The normalized spacial score (nSPS) is 14.4. The van der Waals surface area contributed by atoms with Crippen LogP contribution in [0, 0.1) is 0 Å². The van der Waals surface area contributed by atoms with E-state index in [0.717, 1.165) is 22.9 Å². The van der Waals surface area contributed by atoms with Crippen LogP contribution in [0.25, 0.3) is 0 Å². The zero-order chi connectivity index (χ0) is 20.8. The number of nitrogens with zero attached hydrogens (tertiary/aromatic N) is 1. The van der Waals surface area contributed by atoms with E-state index < -0.39 is 0 Å². The first-order chi connectivity index (χ1) is 14.0. The van der Waals surface area contributed by atoms with Gasteiger partial charge in [0.05, 0.1) is 20.6 Å². The highest BCUT2D eigenvalue weighted by atomic mass is 79.9. The van der Waals surface area contributed by atoms with E-state index in [1.165, 1.54) is 0 Å². The van der Waals surface area contributed by atoms with E-state index >= 15 is 0 Å². The summed E-state index contributed by atoms with van der Waals surface area (Å²) >= 11 is 3.44. The van der Waals surface area contributed by atoms with Crippen LogP contribution in [-0.2, 0) is 11.2 Å². The van der Waals surface area contributed by atoms with Crippen LogP contribution < -0.4 is 14.8 Å². The summed E-state index contributed by atoms with van der Waals surface area (Å²) in [4.78, 5) is 27.0. The van der Waals surface area contributed by atoms with Gasteiger partial charge in [-0.25, -0.2) is 0 Å².